The van der Waals surface area contributed by atoms with Crippen molar-refractivity contribution in [3.63, 3.8) is 0 Å². The Hall–Kier alpha value is -3.53. The van der Waals surface area contributed by atoms with E-state index in [2.05, 4.69) is 10.2 Å². The number of alkyl halides is 3. The number of halogens is 3. The number of aryl methyl sites for hydroxylation is 1. The van der Waals surface area contributed by atoms with Gasteiger partial charge >= 0.3 is 12.1 Å². The second-order valence-corrected chi connectivity index (χ2v) is 10.6. The van der Waals surface area contributed by atoms with Gasteiger partial charge in [-0.3, -0.25) is 14.3 Å². The van der Waals surface area contributed by atoms with Crippen LogP contribution in [-0.4, -0.2) is 59.4 Å². The number of nitrogens with one attached hydrogen (secondary N) is 1. The minimum atomic E-state index is -4.20. The monoisotopic (exact) mass is 528 g/mol. The molecule has 0 saturated carbocycles. The van der Waals surface area contributed by atoms with Crippen LogP contribution in [0.4, 0.5) is 24.7 Å². The van der Waals surface area contributed by atoms with E-state index in [4.69, 9.17) is 0 Å². The lowest BCUT2D eigenvalue weighted by Crippen LogP contribution is -2.36. The Kier molecular flexibility index (Phi) is 6.63. The second kappa shape index (κ2) is 9.65. The molecule has 2 saturated heterocycles. The van der Waals surface area contributed by atoms with Crippen LogP contribution in [0.1, 0.15) is 34.5 Å². The Morgan fingerprint density at radius 3 is 2.37 bits per heavy atom. The van der Waals surface area contributed by atoms with E-state index in [0.29, 0.717) is 37.3 Å². The molecule has 10 heteroatoms. The van der Waals surface area contributed by atoms with Crippen molar-refractivity contribution < 1.29 is 23.1 Å². The Balaban J connectivity index is 1.47. The number of pyridine rings is 1. The number of benzene rings is 2. The second-order valence-electron chi connectivity index (χ2n) is 10.6. The number of para-hydroxylation sites is 1. The average molecular weight is 529 g/mol. The van der Waals surface area contributed by atoms with Crippen molar-refractivity contribution in [2.24, 2.45) is 18.9 Å². The minimum Gasteiger partial charge on any atom is -0.478 e. The van der Waals surface area contributed by atoms with E-state index in [1.54, 1.807) is 35.9 Å². The zero-order valence-electron chi connectivity index (χ0n) is 21.5. The number of hydrogen-bond donors (Lipinski definition) is 2. The molecule has 2 aliphatic heterocycles. The molecule has 0 radical (unpaired) electrons. The summed E-state index contributed by atoms with van der Waals surface area (Å²) in [6.07, 6.45) is -4.20. The Bertz CT molecular complexity index is 1440. The van der Waals surface area contributed by atoms with Gasteiger partial charge in [0, 0.05) is 50.3 Å². The maximum atomic E-state index is 13.5. The number of anilines is 2. The van der Waals surface area contributed by atoms with Crippen LogP contribution < -0.4 is 15.8 Å². The molecule has 202 valence electrons. The summed E-state index contributed by atoms with van der Waals surface area (Å²) < 4.78 is 40.3. The summed E-state index contributed by atoms with van der Waals surface area (Å²) in [6.45, 7) is 4.96. The van der Waals surface area contributed by atoms with Crippen LogP contribution in [-0.2, 0) is 7.05 Å². The number of carbonyl (C=O) groups is 1. The predicted octanol–water partition coefficient (Wildman–Crippen LogP) is 4.65. The highest BCUT2D eigenvalue weighted by atomic mass is 19.4. The molecule has 2 aromatic carbocycles. The van der Waals surface area contributed by atoms with Gasteiger partial charge in [0.2, 0.25) is 0 Å². The van der Waals surface area contributed by atoms with Gasteiger partial charge in [-0.05, 0) is 66.5 Å². The maximum Gasteiger partial charge on any atom is 0.401 e. The first-order valence-corrected chi connectivity index (χ1v) is 12.7. The molecule has 2 aliphatic rings. The van der Waals surface area contributed by atoms with E-state index in [9.17, 15) is 27.9 Å². The summed E-state index contributed by atoms with van der Waals surface area (Å²) in [5, 5.41) is 14.2. The molecule has 2 fully saturated rings. The first-order chi connectivity index (χ1) is 17.9. The van der Waals surface area contributed by atoms with Crippen molar-refractivity contribution in [3.05, 3.63) is 69.5 Å². The normalized spacial score (nSPS) is 20.6. The van der Waals surface area contributed by atoms with Crippen molar-refractivity contribution in [2.45, 2.75) is 26.1 Å². The van der Waals surface area contributed by atoms with Crippen molar-refractivity contribution in [2.75, 3.05) is 42.9 Å². The lowest BCUT2D eigenvalue weighted by Gasteiger charge is -2.26. The smallest absolute Gasteiger partial charge is 0.401 e. The van der Waals surface area contributed by atoms with Crippen LogP contribution in [0, 0.1) is 18.8 Å². The molecule has 0 spiro atoms. The Morgan fingerprint density at radius 1 is 1.08 bits per heavy atom. The molecular formula is C28H31F3N4O3. The number of aromatic nitrogens is 1. The van der Waals surface area contributed by atoms with E-state index >= 15 is 0 Å². The fourth-order valence-corrected chi connectivity index (χ4v) is 6.10. The van der Waals surface area contributed by atoms with Gasteiger partial charge in [-0.25, -0.2) is 4.79 Å². The Morgan fingerprint density at radius 2 is 1.74 bits per heavy atom. The fourth-order valence-electron chi connectivity index (χ4n) is 6.10. The summed E-state index contributed by atoms with van der Waals surface area (Å²) in [6, 6.07) is 12.2. The third-order valence-electron chi connectivity index (χ3n) is 7.79. The van der Waals surface area contributed by atoms with Crippen LogP contribution in [0.5, 0.6) is 0 Å². The van der Waals surface area contributed by atoms with E-state index < -0.39 is 18.7 Å². The molecule has 0 aliphatic carbocycles. The van der Waals surface area contributed by atoms with Crippen molar-refractivity contribution in [1.29, 1.82) is 0 Å². The summed E-state index contributed by atoms with van der Waals surface area (Å²) in [7, 11) is 1.73. The van der Waals surface area contributed by atoms with E-state index in [1.807, 2.05) is 32.0 Å². The standard InChI is InChI=1S/C28H31F3N4O3/c1-16-8-21(17(2)32-24-7-5-4-6-20(24)27(37)38)22-10-25(33(3)26(36)23(22)9-16)35-13-18-11-34(12-19(18)14-35)15-28(29,30)31/h4-10,17-19,32H,11-15H2,1-3H3,(H,37,38)/t17?,18-,19+. The maximum absolute atomic E-state index is 13.5. The quantitative estimate of drug-likeness (QED) is 0.485. The lowest BCUT2D eigenvalue weighted by atomic mass is 9.97. The number of carboxylic acid groups (broad SMARTS) is 1. The van der Waals surface area contributed by atoms with Gasteiger partial charge in [0.05, 0.1) is 12.1 Å². The highest BCUT2D eigenvalue weighted by Crippen LogP contribution is 2.37. The van der Waals surface area contributed by atoms with Gasteiger partial charge < -0.3 is 15.3 Å². The van der Waals surface area contributed by atoms with Crippen molar-refractivity contribution >= 4 is 28.2 Å². The number of carboxylic acids is 1. The molecule has 2 N–H and O–H groups in total. The molecule has 0 amide bonds. The van der Waals surface area contributed by atoms with Crippen molar-refractivity contribution in [3.8, 4) is 0 Å². The molecule has 7 nitrogen and oxygen atoms in total. The third kappa shape index (κ3) is 4.97. The van der Waals surface area contributed by atoms with Crippen LogP contribution in [0.2, 0.25) is 0 Å². The highest BCUT2D eigenvalue weighted by Gasteiger charge is 2.43. The van der Waals surface area contributed by atoms with E-state index in [1.165, 1.54) is 4.90 Å². The van der Waals surface area contributed by atoms with Gasteiger partial charge in [-0.1, -0.05) is 18.2 Å². The summed E-state index contributed by atoms with van der Waals surface area (Å²) in [5.74, 6) is -0.0519. The number of hydrogen-bond acceptors (Lipinski definition) is 5. The zero-order valence-corrected chi connectivity index (χ0v) is 21.5. The van der Waals surface area contributed by atoms with Crippen LogP contribution in [0.15, 0.2) is 47.3 Å². The topological polar surface area (TPSA) is 77.8 Å². The molecule has 3 atom stereocenters. The lowest BCUT2D eigenvalue weighted by molar-refractivity contribution is -0.144. The Labute approximate surface area is 218 Å². The van der Waals surface area contributed by atoms with Gasteiger partial charge in [0.25, 0.3) is 5.56 Å². The van der Waals surface area contributed by atoms with Gasteiger partial charge in [0.15, 0.2) is 0 Å². The number of likely N-dealkylation sites (tertiary alicyclic amines) is 1. The molecule has 3 heterocycles. The van der Waals surface area contributed by atoms with Crippen LogP contribution in [0.25, 0.3) is 10.8 Å². The van der Waals surface area contributed by atoms with Crippen LogP contribution >= 0.6 is 0 Å². The predicted molar refractivity (Wildman–Crippen MR) is 141 cm³/mol. The van der Waals surface area contributed by atoms with E-state index in [0.717, 1.165) is 22.3 Å². The van der Waals surface area contributed by atoms with Crippen molar-refractivity contribution in [1.82, 2.24) is 9.47 Å². The summed E-state index contributed by atoms with van der Waals surface area (Å²) >= 11 is 0. The molecule has 1 aromatic heterocycles. The van der Waals surface area contributed by atoms with E-state index in [-0.39, 0.29) is 29.0 Å². The molecule has 0 bridgehead atoms. The first kappa shape index (κ1) is 26.1. The van der Waals surface area contributed by atoms with Gasteiger partial charge in [-0.15, -0.1) is 0 Å². The molecular weight excluding hydrogens is 497 g/mol. The minimum absolute atomic E-state index is 0.119. The number of fused-ring (bicyclic) bond motifs is 2. The number of rotatable bonds is 6. The summed E-state index contributed by atoms with van der Waals surface area (Å²) in [4.78, 5) is 28.8. The fraction of sp³-hybridized carbons (Fsp3) is 0.429. The SMILES string of the molecule is Cc1cc(C(C)Nc2ccccc2C(=O)O)c2cc(N3C[C@H]4CN(CC(F)(F)F)C[C@H]4C3)n(C)c(=O)c2c1. The average Bonchev–Trinajstić information content (AvgIpc) is 3.38. The first-order valence-electron chi connectivity index (χ1n) is 12.7. The third-order valence-corrected chi connectivity index (χ3v) is 7.79. The zero-order chi connectivity index (χ0) is 27.4. The molecule has 3 aromatic rings. The number of aromatic carboxylic acids is 1. The molecule has 38 heavy (non-hydrogen) atoms. The highest BCUT2D eigenvalue weighted by molar-refractivity contribution is 5.94. The van der Waals surface area contributed by atoms with Gasteiger partial charge in [0.1, 0.15) is 5.82 Å². The largest absolute Gasteiger partial charge is 0.478 e. The van der Waals surface area contributed by atoms with Crippen LogP contribution in [0.3, 0.4) is 0 Å². The summed E-state index contributed by atoms with van der Waals surface area (Å²) in [5.41, 5.74) is 2.29. The molecule has 5 rings (SSSR count). The number of nitrogens with zero attached hydrogens (tertiary/aromatic N) is 3. The van der Waals surface area contributed by atoms with Gasteiger partial charge in [-0.2, -0.15) is 13.2 Å². The molecule has 1 unspecified atom stereocenters.